The maximum atomic E-state index is 13.7. The van der Waals surface area contributed by atoms with Gasteiger partial charge in [0.25, 0.3) is 5.91 Å². The van der Waals surface area contributed by atoms with Crippen LogP contribution in [0.4, 0.5) is 10.1 Å². The minimum Gasteiger partial charge on any atom is -0.489 e. The Labute approximate surface area is 142 Å². The monoisotopic (exact) mass is 345 g/mol. The van der Waals surface area contributed by atoms with E-state index in [0.29, 0.717) is 16.5 Å². The zero-order valence-corrected chi connectivity index (χ0v) is 13.2. The van der Waals surface area contributed by atoms with Crippen LogP contribution in [0.15, 0.2) is 65.3 Å². The van der Waals surface area contributed by atoms with Crippen LogP contribution in [0.1, 0.15) is 16.1 Å². The molecule has 0 aliphatic rings. The number of anilines is 1. The Morgan fingerprint density at radius 2 is 2.00 bits per heavy atom. The van der Waals surface area contributed by atoms with Gasteiger partial charge in [-0.1, -0.05) is 23.7 Å². The number of carbonyl (C=O) groups excluding carboxylic acids is 1. The van der Waals surface area contributed by atoms with Gasteiger partial charge in [0.1, 0.15) is 18.2 Å². The van der Waals surface area contributed by atoms with Crippen molar-refractivity contribution in [2.45, 2.75) is 6.61 Å². The molecular weight excluding hydrogens is 333 g/mol. The Balaban J connectivity index is 1.68. The third-order valence-electron chi connectivity index (χ3n) is 3.28. The van der Waals surface area contributed by atoms with Gasteiger partial charge in [0.05, 0.1) is 11.3 Å². The number of ether oxygens (including phenoxy) is 1. The molecule has 1 N–H and O–H groups in total. The molecule has 0 fully saturated rings. The van der Waals surface area contributed by atoms with Crippen LogP contribution < -0.4 is 10.1 Å². The number of hydrogen-bond acceptors (Lipinski definition) is 3. The second-order valence-electron chi connectivity index (χ2n) is 4.95. The minimum atomic E-state index is -0.426. The summed E-state index contributed by atoms with van der Waals surface area (Å²) >= 11 is 5.97. The molecule has 4 nitrogen and oxygen atoms in total. The lowest BCUT2D eigenvalue weighted by molar-refractivity contribution is 0.0996. The average Bonchev–Trinajstić information content (AvgIpc) is 3.09. The molecule has 6 heteroatoms. The highest BCUT2D eigenvalue weighted by molar-refractivity contribution is 6.31. The first-order chi connectivity index (χ1) is 11.6. The Morgan fingerprint density at radius 1 is 1.17 bits per heavy atom. The van der Waals surface area contributed by atoms with Gasteiger partial charge in [-0.2, -0.15) is 0 Å². The van der Waals surface area contributed by atoms with Crippen molar-refractivity contribution in [1.29, 1.82) is 0 Å². The number of halogens is 2. The van der Waals surface area contributed by atoms with Crippen molar-refractivity contribution in [2.24, 2.45) is 0 Å². The van der Waals surface area contributed by atoms with E-state index in [2.05, 4.69) is 5.32 Å². The Kier molecular flexibility index (Phi) is 4.82. The molecule has 2 aromatic carbocycles. The van der Waals surface area contributed by atoms with E-state index < -0.39 is 5.82 Å². The molecule has 1 heterocycles. The third kappa shape index (κ3) is 3.75. The smallest absolute Gasteiger partial charge is 0.291 e. The van der Waals surface area contributed by atoms with Gasteiger partial charge in [-0.3, -0.25) is 4.79 Å². The van der Waals surface area contributed by atoms with Crippen molar-refractivity contribution in [3.8, 4) is 5.75 Å². The number of benzene rings is 2. The molecule has 0 aliphatic carbocycles. The zero-order chi connectivity index (χ0) is 16.9. The molecule has 3 rings (SSSR count). The number of rotatable bonds is 5. The zero-order valence-electron chi connectivity index (χ0n) is 12.5. The molecular formula is C18H13ClFNO3. The van der Waals surface area contributed by atoms with Crippen molar-refractivity contribution in [3.63, 3.8) is 0 Å². The quantitative estimate of drug-likeness (QED) is 0.715. The summed E-state index contributed by atoms with van der Waals surface area (Å²) < 4.78 is 24.3. The van der Waals surface area contributed by atoms with E-state index in [1.165, 1.54) is 18.4 Å². The second-order valence-corrected chi connectivity index (χ2v) is 5.36. The average molecular weight is 346 g/mol. The van der Waals surface area contributed by atoms with Gasteiger partial charge < -0.3 is 14.5 Å². The van der Waals surface area contributed by atoms with E-state index in [0.717, 1.165) is 0 Å². The summed E-state index contributed by atoms with van der Waals surface area (Å²) in [5, 5.41) is 3.00. The molecule has 0 saturated carbocycles. The summed E-state index contributed by atoms with van der Waals surface area (Å²) in [6.45, 7) is -0.0128. The maximum absolute atomic E-state index is 13.7. The van der Waals surface area contributed by atoms with Gasteiger partial charge >= 0.3 is 0 Å². The van der Waals surface area contributed by atoms with E-state index in [-0.39, 0.29) is 23.8 Å². The summed E-state index contributed by atoms with van der Waals surface area (Å²) in [7, 11) is 0. The number of nitrogens with one attached hydrogen (secondary N) is 1. The van der Waals surface area contributed by atoms with Crippen LogP contribution in [-0.2, 0) is 6.61 Å². The van der Waals surface area contributed by atoms with Crippen LogP contribution in [0.2, 0.25) is 5.02 Å². The van der Waals surface area contributed by atoms with Gasteiger partial charge in [0, 0.05) is 17.3 Å². The summed E-state index contributed by atoms with van der Waals surface area (Å²) in [5.41, 5.74) is 0.817. The van der Waals surface area contributed by atoms with Crippen LogP contribution in [0.25, 0.3) is 0 Å². The Bertz CT molecular complexity index is 829. The maximum Gasteiger partial charge on any atom is 0.291 e. The number of furan rings is 1. The van der Waals surface area contributed by atoms with Gasteiger partial charge in [-0.05, 0) is 36.4 Å². The number of amides is 1. The predicted molar refractivity (Wildman–Crippen MR) is 88.8 cm³/mol. The van der Waals surface area contributed by atoms with E-state index in [9.17, 15) is 9.18 Å². The minimum absolute atomic E-state index is 0.0128. The van der Waals surface area contributed by atoms with Crippen LogP contribution in [0.5, 0.6) is 5.75 Å². The summed E-state index contributed by atoms with van der Waals surface area (Å²) in [4.78, 5) is 11.9. The molecule has 0 radical (unpaired) electrons. The molecule has 0 aliphatic heterocycles. The molecule has 0 spiro atoms. The van der Waals surface area contributed by atoms with Crippen molar-refractivity contribution in [2.75, 3.05) is 5.32 Å². The van der Waals surface area contributed by atoms with Crippen LogP contribution in [0, 0.1) is 5.82 Å². The third-order valence-corrected chi connectivity index (χ3v) is 3.64. The largest absolute Gasteiger partial charge is 0.489 e. The highest BCUT2D eigenvalue weighted by Crippen LogP contribution is 2.23. The summed E-state index contributed by atoms with van der Waals surface area (Å²) in [6.07, 6.45) is 1.42. The van der Waals surface area contributed by atoms with E-state index >= 15 is 0 Å². The van der Waals surface area contributed by atoms with Gasteiger partial charge in [-0.25, -0.2) is 4.39 Å². The van der Waals surface area contributed by atoms with E-state index in [1.54, 1.807) is 42.5 Å². The van der Waals surface area contributed by atoms with Gasteiger partial charge in [-0.15, -0.1) is 0 Å². The molecule has 3 aromatic rings. The fourth-order valence-corrected chi connectivity index (χ4v) is 2.31. The molecule has 1 amide bonds. The highest BCUT2D eigenvalue weighted by atomic mass is 35.5. The van der Waals surface area contributed by atoms with Crippen molar-refractivity contribution in [3.05, 3.63) is 83.0 Å². The molecule has 0 saturated heterocycles. The first-order valence-corrected chi connectivity index (χ1v) is 7.52. The standard InChI is InChI=1S/C18H13ClFNO3/c19-15-6-2-7-16(20)14(15)11-24-13-5-1-4-12(10-13)21-18(22)17-8-3-9-23-17/h1-10H,11H2,(H,21,22). The normalized spacial score (nSPS) is 10.4. The van der Waals surface area contributed by atoms with E-state index in [4.69, 9.17) is 20.8 Å². The molecule has 0 bridgehead atoms. The second kappa shape index (κ2) is 7.19. The molecule has 0 unspecified atom stereocenters. The Hall–Kier alpha value is -2.79. The number of carbonyl (C=O) groups is 1. The predicted octanol–water partition coefficient (Wildman–Crippen LogP) is 4.90. The van der Waals surface area contributed by atoms with Crippen molar-refractivity contribution < 1.29 is 18.3 Å². The SMILES string of the molecule is O=C(Nc1cccc(OCc2c(F)cccc2Cl)c1)c1ccco1. The molecule has 0 atom stereocenters. The first-order valence-electron chi connectivity index (χ1n) is 7.14. The summed E-state index contributed by atoms with van der Waals surface area (Å²) in [6, 6.07) is 14.4. The Morgan fingerprint density at radius 3 is 2.75 bits per heavy atom. The fraction of sp³-hybridized carbons (Fsp3) is 0.0556. The van der Waals surface area contributed by atoms with E-state index in [1.807, 2.05) is 0 Å². The number of hydrogen-bond donors (Lipinski definition) is 1. The summed E-state index contributed by atoms with van der Waals surface area (Å²) in [5.74, 6) is -0.106. The van der Waals surface area contributed by atoms with Crippen LogP contribution >= 0.6 is 11.6 Å². The first kappa shape index (κ1) is 16.1. The van der Waals surface area contributed by atoms with Crippen LogP contribution in [0.3, 0.4) is 0 Å². The van der Waals surface area contributed by atoms with Crippen LogP contribution in [-0.4, -0.2) is 5.91 Å². The molecule has 122 valence electrons. The topological polar surface area (TPSA) is 51.5 Å². The van der Waals surface area contributed by atoms with Crippen molar-refractivity contribution in [1.82, 2.24) is 0 Å². The van der Waals surface area contributed by atoms with Gasteiger partial charge in [0.2, 0.25) is 0 Å². The fourth-order valence-electron chi connectivity index (χ4n) is 2.09. The lowest BCUT2D eigenvalue weighted by atomic mass is 10.2. The van der Waals surface area contributed by atoms with Crippen molar-refractivity contribution >= 4 is 23.2 Å². The molecule has 1 aromatic heterocycles. The lowest BCUT2D eigenvalue weighted by Crippen LogP contribution is -2.10. The van der Waals surface area contributed by atoms with Gasteiger partial charge in [0.15, 0.2) is 5.76 Å². The lowest BCUT2D eigenvalue weighted by Gasteiger charge is -2.10. The molecule has 24 heavy (non-hydrogen) atoms. The highest BCUT2D eigenvalue weighted by Gasteiger charge is 2.10.